The van der Waals surface area contributed by atoms with Gasteiger partial charge in [-0.2, -0.15) is 10.1 Å². The van der Waals surface area contributed by atoms with Crippen molar-refractivity contribution in [2.24, 2.45) is 0 Å². The summed E-state index contributed by atoms with van der Waals surface area (Å²) in [5, 5.41) is 14.3. The molecular formula is C16H13ClFN5. The van der Waals surface area contributed by atoms with E-state index in [1.165, 1.54) is 12.3 Å². The lowest BCUT2D eigenvalue weighted by Crippen LogP contribution is -2.03. The average Bonchev–Trinajstić information content (AvgIpc) is 2.53. The summed E-state index contributed by atoms with van der Waals surface area (Å²) < 4.78 is 13.6. The van der Waals surface area contributed by atoms with Crippen LogP contribution in [0.4, 0.5) is 27.5 Å². The predicted octanol–water partition coefficient (Wildman–Crippen LogP) is 4.46. The second-order valence-corrected chi connectivity index (χ2v) is 5.29. The Hall–Kier alpha value is -2.73. The Kier molecular flexibility index (Phi) is 4.34. The average molecular weight is 330 g/mol. The molecule has 0 aliphatic carbocycles. The molecule has 0 radical (unpaired) electrons. The van der Waals surface area contributed by atoms with Crippen LogP contribution in [0.15, 0.2) is 48.7 Å². The molecule has 0 spiro atoms. The lowest BCUT2D eigenvalue weighted by Gasteiger charge is -2.10. The number of hydrogen-bond acceptors (Lipinski definition) is 5. The van der Waals surface area contributed by atoms with Crippen LogP contribution in [0.3, 0.4) is 0 Å². The Labute approximate surface area is 137 Å². The first-order chi connectivity index (χ1) is 11.1. The highest BCUT2D eigenvalue weighted by Gasteiger charge is 2.06. The minimum Gasteiger partial charge on any atom is -0.339 e. The zero-order chi connectivity index (χ0) is 16.2. The lowest BCUT2D eigenvalue weighted by atomic mass is 10.2. The van der Waals surface area contributed by atoms with Gasteiger partial charge in [-0.1, -0.05) is 23.7 Å². The van der Waals surface area contributed by atoms with Crippen LogP contribution < -0.4 is 10.6 Å². The first-order valence-corrected chi connectivity index (χ1v) is 7.24. The molecule has 3 rings (SSSR count). The van der Waals surface area contributed by atoms with Crippen molar-refractivity contribution in [1.82, 2.24) is 15.2 Å². The van der Waals surface area contributed by atoms with Gasteiger partial charge in [0, 0.05) is 10.7 Å². The highest BCUT2D eigenvalue weighted by Crippen LogP contribution is 2.23. The Morgan fingerprint density at radius 2 is 1.87 bits per heavy atom. The normalized spacial score (nSPS) is 10.4. The molecule has 0 bridgehead atoms. The van der Waals surface area contributed by atoms with Crippen molar-refractivity contribution >= 4 is 34.7 Å². The number of benzene rings is 2. The van der Waals surface area contributed by atoms with Gasteiger partial charge in [0.25, 0.3) is 0 Å². The molecule has 7 heteroatoms. The van der Waals surface area contributed by atoms with E-state index in [-0.39, 0.29) is 17.5 Å². The molecule has 0 fully saturated rings. The van der Waals surface area contributed by atoms with Gasteiger partial charge in [-0.3, -0.25) is 0 Å². The summed E-state index contributed by atoms with van der Waals surface area (Å²) in [5.74, 6) is 0.305. The Morgan fingerprint density at radius 1 is 1.04 bits per heavy atom. The second-order valence-electron chi connectivity index (χ2n) is 4.85. The van der Waals surface area contributed by atoms with Crippen LogP contribution in [-0.2, 0) is 0 Å². The molecule has 0 aliphatic heterocycles. The fraction of sp³-hybridized carbons (Fsp3) is 0.0625. The topological polar surface area (TPSA) is 62.7 Å². The quantitative estimate of drug-likeness (QED) is 0.740. The summed E-state index contributed by atoms with van der Waals surface area (Å²) >= 11 is 5.94. The third kappa shape index (κ3) is 3.73. The summed E-state index contributed by atoms with van der Waals surface area (Å²) in [7, 11) is 0. The summed E-state index contributed by atoms with van der Waals surface area (Å²) in [6, 6.07) is 11.8. The molecule has 0 saturated heterocycles. The third-order valence-electron chi connectivity index (χ3n) is 3.13. The highest BCUT2D eigenvalue weighted by atomic mass is 35.5. The second kappa shape index (κ2) is 6.58. The van der Waals surface area contributed by atoms with E-state index < -0.39 is 0 Å². The van der Waals surface area contributed by atoms with Gasteiger partial charge >= 0.3 is 0 Å². The van der Waals surface area contributed by atoms with Crippen molar-refractivity contribution < 1.29 is 4.39 Å². The number of para-hydroxylation sites is 1. The van der Waals surface area contributed by atoms with E-state index >= 15 is 0 Å². The SMILES string of the molecule is Cc1cc(Cl)ccc1Nc1cnnc(Nc2ccccc2F)n1. The van der Waals surface area contributed by atoms with Gasteiger partial charge in [-0.05, 0) is 42.8 Å². The molecule has 0 atom stereocenters. The van der Waals surface area contributed by atoms with Gasteiger partial charge in [-0.25, -0.2) is 4.39 Å². The number of hydrogen-bond donors (Lipinski definition) is 2. The summed E-state index contributed by atoms with van der Waals surface area (Å²) in [5.41, 5.74) is 2.11. The van der Waals surface area contributed by atoms with Crippen LogP contribution in [0.1, 0.15) is 5.56 Å². The van der Waals surface area contributed by atoms with Crippen molar-refractivity contribution in [2.75, 3.05) is 10.6 Å². The number of nitrogens with one attached hydrogen (secondary N) is 2. The summed E-state index contributed by atoms with van der Waals surface area (Å²) in [6.07, 6.45) is 1.49. The molecule has 5 nitrogen and oxygen atoms in total. The van der Waals surface area contributed by atoms with Crippen LogP contribution >= 0.6 is 11.6 Å². The molecule has 0 unspecified atom stereocenters. The fourth-order valence-electron chi connectivity index (χ4n) is 2.01. The van der Waals surface area contributed by atoms with E-state index in [0.29, 0.717) is 10.8 Å². The van der Waals surface area contributed by atoms with Crippen molar-refractivity contribution in [2.45, 2.75) is 6.92 Å². The maximum absolute atomic E-state index is 13.6. The highest BCUT2D eigenvalue weighted by molar-refractivity contribution is 6.30. The van der Waals surface area contributed by atoms with E-state index in [9.17, 15) is 4.39 Å². The summed E-state index contributed by atoms with van der Waals surface area (Å²) in [4.78, 5) is 4.27. The Morgan fingerprint density at radius 3 is 2.65 bits per heavy atom. The standard InChI is InChI=1S/C16H13ClFN5/c1-10-8-11(17)6-7-13(10)20-15-9-19-23-16(22-15)21-14-5-3-2-4-12(14)18/h2-9H,1H3,(H2,20,21,22,23). The monoisotopic (exact) mass is 329 g/mol. The molecule has 0 amide bonds. The molecule has 2 aromatic carbocycles. The predicted molar refractivity (Wildman–Crippen MR) is 89.0 cm³/mol. The van der Waals surface area contributed by atoms with Crippen molar-refractivity contribution in [1.29, 1.82) is 0 Å². The molecule has 116 valence electrons. The number of halogens is 2. The largest absolute Gasteiger partial charge is 0.339 e. The minimum absolute atomic E-state index is 0.201. The zero-order valence-electron chi connectivity index (χ0n) is 12.2. The number of aryl methyl sites for hydroxylation is 1. The molecule has 0 aliphatic rings. The van der Waals surface area contributed by atoms with Gasteiger partial charge in [0.2, 0.25) is 5.95 Å². The van der Waals surface area contributed by atoms with Gasteiger partial charge < -0.3 is 10.6 Å². The van der Waals surface area contributed by atoms with Crippen molar-refractivity contribution in [3.05, 3.63) is 65.1 Å². The van der Waals surface area contributed by atoms with Crippen molar-refractivity contribution in [3.63, 3.8) is 0 Å². The van der Waals surface area contributed by atoms with E-state index in [0.717, 1.165) is 11.3 Å². The van der Waals surface area contributed by atoms with Gasteiger partial charge in [0.05, 0.1) is 11.9 Å². The molecular weight excluding hydrogens is 317 g/mol. The van der Waals surface area contributed by atoms with Crippen molar-refractivity contribution in [3.8, 4) is 0 Å². The smallest absolute Gasteiger partial charge is 0.249 e. The van der Waals surface area contributed by atoms with Gasteiger partial charge in [0.1, 0.15) is 5.82 Å². The van der Waals surface area contributed by atoms with E-state index in [4.69, 9.17) is 11.6 Å². The maximum Gasteiger partial charge on any atom is 0.249 e. The Balaban J connectivity index is 1.81. The third-order valence-corrected chi connectivity index (χ3v) is 3.37. The number of nitrogens with zero attached hydrogens (tertiary/aromatic N) is 3. The van der Waals surface area contributed by atoms with E-state index in [1.807, 2.05) is 19.1 Å². The maximum atomic E-state index is 13.6. The van der Waals surface area contributed by atoms with Gasteiger partial charge in [0.15, 0.2) is 5.82 Å². The molecule has 23 heavy (non-hydrogen) atoms. The first-order valence-electron chi connectivity index (χ1n) is 6.86. The van der Waals surface area contributed by atoms with Crippen LogP contribution in [0.25, 0.3) is 0 Å². The molecule has 0 saturated carbocycles. The number of rotatable bonds is 4. The van der Waals surface area contributed by atoms with Crippen LogP contribution in [0, 0.1) is 12.7 Å². The first kappa shape index (κ1) is 15.2. The zero-order valence-corrected chi connectivity index (χ0v) is 13.0. The number of anilines is 4. The van der Waals surface area contributed by atoms with E-state index in [1.54, 1.807) is 24.3 Å². The van der Waals surface area contributed by atoms with Crippen LogP contribution in [0.2, 0.25) is 5.02 Å². The lowest BCUT2D eigenvalue weighted by molar-refractivity contribution is 0.631. The van der Waals surface area contributed by atoms with Crippen LogP contribution in [-0.4, -0.2) is 15.2 Å². The molecule has 1 aromatic heterocycles. The Bertz CT molecular complexity index is 840. The molecule has 1 heterocycles. The van der Waals surface area contributed by atoms with E-state index in [2.05, 4.69) is 25.8 Å². The minimum atomic E-state index is -0.386. The van der Waals surface area contributed by atoms with Crippen LogP contribution in [0.5, 0.6) is 0 Å². The number of aromatic nitrogens is 3. The fourth-order valence-corrected chi connectivity index (χ4v) is 2.23. The summed E-state index contributed by atoms with van der Waals surface area (Å²) in [6.45, 7) is 1.93. The molecule has 2 N–H and O–H groups in total. The van der Waals surface area contributed by atoms with Gasteiger partial charge in [-0.15, -0.1) is 5.10 Å². The molecule has 3 aromatic rings.